The van der Waals surface area contributed by atoms with Crippen LogP contribution in [0.15, 0.2) is 91.1 Å². The standard InChI is InChI=1S/C28H22N2O5/c31-22-17-24-23(34-14-15-35-24)16-20(22)28(33)26-21(12-7-13-29-26)30(27(28)32)25(18-8-3-1-4-9-18)19-10-5-2-6-11-19/h1-13,16-17,25,31,33H,14-15H2. The van der Waals surface area contributed by atoms with Crippen molar-refractivity contribution in [3.8, 4) is 17.2 Å². The van der Waals surface area contributed by atoms with Crippen molar-refractivity contribution >= 4 is 11.6 Å². The highest BCUT2D eigenvalue weighted by Gasteiger charge is 2.56. The van der Waals surface area contributed by atoms with Gasteiger partial charge in [-0.15, -0.1) is 0 Å². The fourth-order valence-corrected chi connectivity index (χ4v) is 4.88. The average molecular weight is 466 g/mol. The van der Waals surface area contributed by atoms with Crippen LogP contribution in [0.4, 0.5) is 5.69 Å². The summed E-state index contributed by atoms with van der Waals surface area (Å²) in [6.07, 6.45) is 1.52. The summed E-state index contributed by atoms with van der Waals surface area (Å²) >= 11 is 0. The quantitative estimate of drug-likeness (QED) is 0.474. The highest BCUT2D eigenvalue weighted by Crippen LogP contribution is 2.51. The molecule has 0 radical (unpaired) electrons. The molecule has 2 N–H and O–H groups in total. The Bertz CT molecular complexity index is 1370. The number of aromatic hydroxyl groups is 1. The second kappa shape index (κ2) is 8.14. The van der Waals surface area contributed by atoms with E-state index in [0.717, 1.165) is 11.1 Å². The van der Waals surface area contributed by atoms with Crippen LogP contribution in [0.2, 0.25) is 0 Å². The molecule has 0 saturated heterocycles. The van der Waals surface area contributed by atoms with Crippen molar-refractivity contribution in [2.45, 2.75) is 11.6 Å². The van der Waals surface area contributed by atoms with E-state index in [1.165, 1.54) is 18.3 Å². The second-order valence-electron chi connectivity index (χ2n) is 8.49. The van der Waals surface area contributed by atoms with Gasteiger partial charge in [0.1, 0.15) is 24.7 Å². The zero-order valence-electron chi connectivity index (χ0n) is 18.7. The summed E-state index contributed by atoms with van der Waals surface area (Å²) in [5, 5.41) is 23.0. The smallest absolute Gasteiger partial charge is 0.271 e. The molecule has 35 heavy (non-hydrogen) atoms. The Morgan fingerprint density at radius 2 is 1.46 bits per heavy atom. The van der Waals surface area contributed by atoms with Gasteiger partial charge >= 0.3 is 0 Å². The lowest BCUT2D eigenvalue weighted by Gasteiger charge is -2.31. The number of pyridine rings is 1. The molecule has 7 nitrogen and oxygen atoms in total. The molecular weight excluding hydrogens is 444 g/mol. The molecule has 7 heteroatoms. The number of rotatable bonds is 4. The van der Waals surface area contributed by atoms with Gasteiger partial charge in [-0.1, -0.05) is 60.7 Å². The number of carbonyl (C=O) groups is 1. The topological polar surface area (TPSA) is 92.1 Å². The van der Waals surface area contributed by atoms with Crippen molar-refractivity contribution in [1.29, 1.82) is 0 Å². The zero-order chi connectivity index (χ0) is 24.0. The molecule has 1 amide bonds. The number of fused-ring (bicyclic) bond motifs is 2. The van der Waals surface area contributed by atoms with Crippen molar-refractivity contribution in [1.82, 2.24) is 4.98 Å². The van der Waals surface area contributed by atoms with E-state index in [1.807, 2.05) is 60.7 Å². The van der Waals surface area contributed by atoms with Crippen LogP contribution in [0.5, 0.6) is 17.2 Å². The van der Waals surface area contributed by atoms with Crippen molar-refractivity contribution < 1.29 is 24.5 Å². The van der Waals surface area contributed by atoms with Crippen LogP contribution in [0.1, 0.15) is 28.4 Å². The first-order valence-electron chi connectivity index (χ1n) is 11.3. The van der Waals surface area contributed by atoms with Gasteiger partial charge in [0.15, 0.2) is 11.5 Å². The van der Waals surface area contributed by atoms with Crippen molar-refractivity contribution in [3.05, 3.63) is 114 Å². The van der Waals surface area contributed by atoms with Gasteiger partial charge in [-0.2, -0.15) is 0 Å². The van der Waals surface area contributed by atoms with Crippen LogP contribution >= 0.6 is 0 Å². The third kappa shape index (κ3) is 3.24. The largest absolute Gasteiger partial charge is 0.507 e. The third-order valence-corrected chi connectivity index (χ3v) is 6.46. The Balaban J connectivity index is 1.56. The maximum absolute atomic E-state index is 14.2. The van der Waals surface area contributed by atoms with Crippen LogP contribution in [0.25, 0.3) is 0 Å². The summed E-state index contributed by atoms with van der Waals surface area (Å²) in [7, 11) is 0. The SMILES string of the molecule is O=C1N(C(c2ccccc2)c2ccccc2)c2cccnc2C1(O)c1cc2c(cc1O)OCCO2. The van der Waals surface area contributed by atoms with E-state index in [4.69, 9.17) is 9.47 Å². The van der Waals surface area contributed by atoms with Gasteiger partial charge in [-0.3, -0.25) is 14.7 Å². The number of aromatic nitrogens is 1. The molecule has 174 valence electrons. The van der Waals surface area contributed by atoms with E-state index >= 15 is 0 Å². The number of nitrogens with zero attached hydrogens (tertiary/aromatic N) is 2. The van der Waals surface area contributed by atoms with Crippen LogP contribution in [0.3, 0.4) is 0 Å². The van der Waals surface area contributed by atoms with E-state index in [0.29, 0.717) is 30.4 Å². The van der Waals surface area contributed by atoms with Crippen LogP contribution in [0, 0.1) is 0 Å². The maximum Gasteiger partial charge on any atom is 0.271 e. The number of anilines is 1. The summed E-state index contributed by atoms with van der Waals surface area (Å²) in [5.74, 6) is -0.185. The lowest BCUT2D eigenvalue weighted by molar-refractivity contribution is -0.132. The fraction of sp³-hybridized carbons (Fsp3) is 0.143. The van der Waals surface area contributed by atoms with Crippen molar-refractivity contribution in [2.75, 3.05) is 18.1 Å². The molecular formula is C28H22N2O5. The molecule has 2 aliphatic heterocycles. The Morgan fingerprint density at radius 3 is 2.09 bits per heavy atom. The van der Waals surface area contributed by atoms with Gasteiger partial charge in [0.2, 0.25) is 5.60 Å². The number of benzene rings is 3. The predicted octanol–water partition coefficient (Wildman–Crippen LogP) is 3.93. The number of carbonyl (C=O) groups excluding carboxylic acids is 1. The van der Waals surface area contributed by atoms with E-state index < -0.39 is 17.6 Å². The van der Waals surface area contributed by atoms with E-state index in [9.17, 15) is 15.0 Å². The lowest BCUT2D eigenvalue weighted by atomic mass is 9.89. The van der Waals surface area contributed by atoms with Gasteiger partial charge in [-0.25, -0.2) is 0 Å². The highest BCUT2D eigenvalue weighted by atomic mass is 16.6. The summed E-state index contributed by atoms with van der Waals surface area (Å²) in [6.45, 7) is 0.678. The molecule has 0 aliphatic carbocycles. The minimum Gasteiger partial charge on any atom is -0.507 e. The van der Waals surface area contributed by atoms with Gasteiger partial charge in [-0.05, 0) is 29.3 Å². The van der Waals surface area contributed by atoms with Crippen molar-refractivity contribution in [2.24, 2.45) is 0 Å². The predicted molar refractivity (Wildman–Crippen MR) is 129 cm³/mol. The number of aliphatic hydroxyl groups is 1. The molecule has 1 atom stereocenters. The van der Waals surface area contributed by atoms with Crippen LogP contribution in [-0.4, -0.2) is 34.3 Å². The number of amides is 1. The number of phenolic OH excluding ortho intramolecular Hbond substituents is 1. The molecule has 3 aromatic carbocycles. The number of hydrogen-bond acceptors (Lipinski definition) is 6. The minimum atomic E-state index is -2.22. The first-order valence-corrected chi connectivity index (χ1v) is 11.3. The molecule has 0 bridgehead atoms. The Hall–Kier alpha value is -4.36. The van der Waals surface area contributed by atoms with Gasteiger partial charge in [0, 0.05) is 17.8 Å². The number of ether oxygens (including phenoxy) is 2. The molecule has 3 heterocycles. The molecule has 0 fully saturated rings. The second-order valence-corrected chi connectivity index (χ2v) is 8.49. The average Bonchev–Trinajstić information content (AvgIpc) is 3.13. The van der Waals surface area contributed by atoms with Crippen molar-refractivity contribution in [3.63, 3.8) is 0 Å². The summed E-state index contributed by atoms with van der Waals surface area (Å²) in [4.78, 5) is 20.2. The summed E-state index contributed by atoms with van der Waals surface area (Å²) in [5.41, 5.74) is 0.128. The first kappa shape index (κ1) is 21.2. The molecule has 0 spiro atoms. The van der Waals surface area contributed by atoms with Gasteiger partial charge in [0.25, 0.3) is 5.91 Å². The minimum absolute atomic E-state index is 0.00549. The van der Waals surface area contributed by atoms with E-state index in [2.05, 4.69) is 4.98 Å². The Labute approximate surface area is 201 Å². The van der Waals surface area contributed by atoms with E-state index in [-0.39, 0.29) is 17.0 Å². The maximum atomic E-state index is 14.2. The molecule has 1 aromatic heterocycles. The lowest BCUT2D eigenvalue weighted by Crippen LogP contribution is -2.43. The number of hydrogen-bond donors (Lipinski definition) is 2. The molecule has 2 aliphatic rings. The number of phenols is 1. The fourth-order valence-electron chi connectivity index (χ4n) is 4.88. The Morgan fingerprint density at radius 1 is 0.857 bits per heavy atom. The van der Waals surface area contributed by atoms with Gasteiger partial charge in [0.05, 0.1) is 11.7 Å². The molecule has 4 aromatic rings. The third-order valence-electron chi connectivity index (χ3n) is 6.46. The van der Waals surface area contributed by atoms with Gasteiger partial charge < -0.3 is 19.7 Å². The van der Waals surface area contributed by atoms with E-state index in [1.54, 1.807) is 17.0 Å². The molecule has 0 saturated carbocycles. The summed E-state index contributed by atoms with van der Waals surface area (Å²) < 4.78 is 11.2. The first-order chi connectivity index (χ1) is 17.1. The van der Waals surface area contributed by atoms with Crippen LogP contribution < -0.4 is 14.4 Å². The molecule has 1 unspecified atom stereocenters. The Kier molecular flexibility index (Phi) is 4.93. The summed E-state index contributed by atoms with van der Waals surface area (Å²) in [6, 6.07) is 25.0. The molecule has 6 rings (SSSR count). The normalized spacial score (nSPS) is 18.6. The highest BCUT2D eigenvalue weighted by molar-refractivity contribution is 6.09. The zero-order valence-corrected chi connectivity index (χ0v) is 18.7. The van der Waals surface area contributed by atoms with Crippen LogP contribution in [-0.2, 0) is 10.4 Å². The monoisotopic (exact) mass is 466 g/mol.